The number of carbonyl (C=O) groups excluding carboxylic acids is 1. The Hall–Kier alpha value is -0.810. The molecule has 76 valence electrons. The van der Waals surface area contributed by atoms with E-state index in [0.717, 1.165) is 0 Å². The van der Waals surface area contributed by atoms with Gasteiger partial charge >= 0.3 is 0 Å². The van der Waals surface area contributed by atoms with Crippen molar-refractivity contribution in [3.05, 3.63) is 0 Å². The van der Waals surface area contributed by atoms with E-state index in [-0.39, 0.29) is 0 Å². The van der Waals surface area contributed by atoms with Crippen molar-refractivity contribution in [1.82, 2.24) is 0 Å². The summed E-state index contributed by atoms with van der Waals surface area (Å²) >= 11 is 0. The molecule has 0 aromatic rings. The van der Waals surface area contributed by atoms with Crippen LogP contribution in [0.25, 0.3) is 0 Å². The zero-order chi connectivity index (χ0) is 10.3. The lowest BCUT2D eigenvalue weighted by Gasteiger charge is -2.54. The number of hydrogen-bond acceptors (Lipinski definition) is 5. The molecule has 0 spiro atoms. The lowest BCUT2D eigenvalue weighted by atomic mass is 9.81. The summed E-state index contributed by atoms with van der Waals surface area (Å²) in [5.74, 6) is 0. The van der Waals surface area contributed by atoms with Crippen LogP contribution in [-0.2, 0) is 14.5 Å². The predicted molar refractivity (Wildman–Crippen MR) is 40.6 cm³/mol. The molecule has 1 saturated heterocycles. The Bertz CT molecular complexity index is 225. The van der Waals surface area contributed by atoms with Gasteiger partial charge < -0.3 is 14.6 Å². The lowest BCUT2D eigenvalue weighted by Crippen LogP contribution is -2.68. The molecule has 2 unspecified atom stereocenters. The van der Waals surface area contributed by atoms with Gasteiger partial charge in [0, 0.05) is 0 Å². The third-order valence-corrected chi connectivity index (χ3v) is 2.67. The molecule has 1 heterocycles. The predicted octanol–water partition coefficient (Wildman–Crippen LogP) is 0.234. The second kappa shape index (κ2) is 2.85. The fourth-order valence-corrected chi connectivity index (χ4v) is 1.15. The van der Waals surface area contributed by atoms with E-state index in [1.165, 1.54) is 0 Å². The van der Waals surface area contributed by atoms with E-state index in [4.69, 9.17) is 9.78 Å². The van der Waals surface area contributed by atoms with Crippen LogP contribution >= 0.6 is 0 Å². The van der Waals surface area contributed by atoms with Crippen LogP contribution in [0.2, 0.25) is 0 Å². The maximum Gasteiger partial charge on any atom is 0.252 e. The van der Waals surface area contributed by atoms with E-state index in [1.54, 1.807) is 27.7 Å². The fourth-order valence-electron chi connectivity index (χ4n) is 1.15. The molecule has 0 aromatic heterocycles. The molecule has 5 heteroatoms. The molecule has 0 amide bonds. The standard InChI is InChI=1S/C8H14O5/c1-5(11-6(9)10)8(4)7(2,3)12-13-8/h5H,1-4H3,(H,9,10)/p-1. The minimum absolute atomic E-state index is 0.554. The Morgan fingerprint density at radius 1 is 1.38 bits per heavy atom. The Labute approximate surface area is 76.5 Å². The van der Waals surface area contributed by atoms with Crippen molar-refractivity contribution >= 4 is 6.16 Å². The molecular formula is C8H13O5-. The quantitative estimate of drug-likeness (QED) is 0.459. The summed E-state index contributed by atoms with van der Waals surface area (Å²) in [7, 11) is 0. The number of hydrogen-bond donors (Lipinski definition) is 0. The second-order valence-electron chi connectivity index (χ2n) is 3.79. The first-order chi connectivity index (χ1) is 5.79. The van der Waals surface area contributed by atoms with Gasteiger partial charge in [0.1, 0.15) is 5.60 Å². The smallest absolute Gasteiger partial charge is 0.252 e. The van der Waals surface area contributed by atoms with Crippen molar-refractivity contribution in [3.63, 3.8) is 0 Å². The van der Waals surface area contributed by atoms with Crippen LogP contribution in [0.4, 0.5) is 4.79 Å². The molecule has 13 heavy (non-hydrogen) atoms. The maximum absolute atomic E-state index is 10.2. The van der Waals surface area contributed by atoms with E-state index in [9.17, 15) is 9.90 Å². The van der Waals surface area contributed by atoms with Crippen LogP contribution in [0.15, 0.2) is 0 Å². The van der Waals surface area contributed by atoms with Crippen LogP contribution in [0, 0.1) is 0 Å². The van der Waals surface area contributed by atoms with E-state index in [0.29, 0.717) is 0 Å². The van der Waals surface area contributed by atoms with Gasteiger partial charge in [-0.1, -0.05) is 0 Å². The van der Waals surface area contributed by atoms with Gasteiger partial charge in [0.2, 0.25) is 0 Å². The first-order valence-electron chi connectivity index (χ1n) is 4.04. The molecule has 1 rings (SSSR count). The molecule has 0 aliphatic carbocycles. The first kappa shape index (κ1) is 10.3. The van der Waals surface area contributed by atoms with Crippen molar-refractivity contribution in [2.75, 3.05) is 0 Å². The zero-order valence-electron chi connectivity index (χ0n) is 8.12. The van der Waals surface area contributed by atoms with Crippen LogP contribution in [0.1, 0.15) is 27.7 Å². The molecule has 1 aliphatic heterocycles. The molecule has 0 N–H and O–H groups in total. The van der Waals surface area contributed by atoms with Gasteiger partial charge in [0.15, 0.2) is 5.60 Å². The summed E-state index contributed by atoms with van der Waals surface area (Å²) < 4.78 is 4.49. The van der Waals surface area contributed by atoms with E-state index >= 15 is 0 Å². The SMILES string of the molecule is CC(OC(=O)[O-])C1(C)OOC1(C)C. The maximum atomic E-state index is 10.2. The largest absolute Gasteiger partial charge is 0.543 e. The minimum atomic E-state index is -1.56. The molecule has 0 aromatic carbocycles. The van der Waals surface area contributed by atoms with Gasteiger partial charge in [-0.05, 0) is 27.7 Å². The fraction of sp³-hybridized carbons (Fsp3) is 0.875. The van der Waals surface area contributed by atoms with Crippen LogP contribution in [0.5, 0.6) is 0 Å². The topological polar surface area (TPSA) is 67.8 Å². The van der Waals surface area contributed by atoms with Gasteiger partial charge in [-0.2, -0.15) is 0 Å². The van der Waals surface area contributed by atoms with E-state index < -0.39 is 23.5 Å². The van der Waals surface area contributed by atoms with Gasteiger partial charge in [0.25, 0.3) is 6.16 Å². The van der Waals surface area contributed by atoms with Crippen molar-refractivity contribution in [3.8, 4) is 0 Å². The highest BCUT2D eigenvalue weighted by Gasteiger charge is 2.58. The Morgan fingerprint density at radius 3 is 2.15 bits per heavy atom. The van der Waals surface area contributed by atoms with Gasteiger partial charge in [-0.25, -0.2) is 9.78 Å². The summed E-state index contributed by atoms with van der Waals surface area (Å²) in [4.78, 5) is 19.9. The monoisotopic (exact) mass is 189 g/mol. The zero-order valence-corrected chi connectivity index (χ0v) is 8.12. The Kier molecular flexibility index (Phi) is 2.25. The highest BCUT2D eigenvalue weighted by atomic mass is 17.3. The summed E-state index contributed by atoms with van der Waals surface area (Å²) in [6, 6.07) is 0. The molecule has 1 aliphatic rings. The molecule has 0 radical (unpaired) electrons. The summed E-state index contributed by atoms with van der Waals surface area (Å²) in [6.45, 7) is 6.92. The number of carbonyl (C=O) groups is 1. The van der Waals surface area contributed by atoms with E-state index in [1.807, 2.05) is 0 Å². The van der Waals surface area contributed by atoms with Crippen LogP contribution < -0.4 is 5.11 Å². The lowest BCUT2D eigenvalue weighted by molar-refractivity contribution is -0.552. The number of rotatable bonds is 2. The van der Waals surface area contributed by atoms with Crippen molar-refractivity contribution in [2.24, 2.45) is 0 Å². The van der Waals surface area contributed by atoms with Crippen molar-refractivity contribution in [2.45, 2.75) is 45.0 Å². The molecular weight excluding hydrogens is 176 g/mol. The Morgan fingerprint density at radius 2 is 1.92 bits per heavy atom. The number of ether oxygens (including phenoxy) is 1. The average molecular weight is 189 g/mol. The highest BCUT2D eigenvalue weighted by Crippen LogP contribution is 2.43. The minimum Gasteiger partial charge on any atom is -0.543 e. The second-order valence-corrected chi connectivity index (χ2v) is 3.79. The molecule has 2 atom stereocenters. The summed E-state index contributed by atoms with van der Waals surface area (Å²) in [5.41, 5.74) is -1.31. The van der Waals surface area contributed by atoms with Crippen LogP contribution in [-0.4, -0.2) is 23.5 Å². The Balaban J connectivity index is 2.65. The summed E-state index contributed by atoms with van der Waals surface area (Å²) in [5, 5.41) is 10.2. The molecule has 0 bridgehead atoms. The van der Waals surface area contributed by atoms with Crippen LogP contribution in [0.3, 0.4) is 0 Å². The van der Waals surface area contributed by atoms with Gasteiger partial charge in [-0.15, -0.1) is 0 Å². The third kappa shape index (κ3) is 1.49. The molecule has 5 nitrogen and oxygen atoms in total. The molecule has 1 fully saturated rings. The van der Waals surface area contributed by atoms with Crippen molar-refractivity contribution < 1.29 is 24.4 Å². The van der Waals surface area contributed by atoms with Gasteiger partial charge in [0.05, 0.1) is 6.10 Å². The molecule has 0 saturated carbocycles. The number of carboxylic acid groups (broad SMARTS) is 1. The van der Waals surface area contributed by atoms with Crippen molar-refractivity contribution in [1.29, 1.82) is 0 Å². The first-order valence-corrected chi connectivity index (χ1v) is 4.04. The highest BCUT2D eigenvalue weighted by molar-refractivity contribution is 5.54. The normalized spacial score (nSPS) is 33.2. The average Bonchev–Trinajstić information content (AvgIpc) is 1.99. The summed E-state index contributed by atoms with van der Waals surface area (Å²) in [6.07, 6.45) is -2.18. The third-order valence-electron chi connectivity index (χ3n) is 2.67. The van der Waals surface area contributed by atoms with Gasteiger partial charge in [-0.3, -0.25) is 0 Å². The van der Waals surface area contributed by atoms with E-state index in [2.05, 4.69) is 4.74 Å².